The van der Waals surface area contributed by atoms with E-state index in [0.29, 0.717) is 24.7 Å². The number of nitro groups is 1. The molecule has 0 unspecified atom stereocenters. The topological polar surface area (TPSA) is 52.4 Å². The van der Waals surface area contributed by atoms with Gasteiger partial charge in [-0.15, -0.1) is 0 Å². The van der Waals surface area contributed by atoms with Crippen molar-refractivity contribution in [2.75, 3.05) is 0 Å². The van der Waals surface area contributed by atoms with E-state index in [-0.39, 0.29) is 11.4 Å². The zero-order valence-corrected chi connectivity index (χ0v) is 18.0. The number of hydrogen-bond acceptors (Lipinski definition) is 3. The Kier molecular flexibility index (Phi) is 8.06. The van der Waals surface area contributed by atoms with E-state index >= 15 is 0 Å². The van der Waals surface area contributed by atoms with Crippen molar-refractivity contribution in [2.24, 2.45) is 23.7 Å². The van der Waals surface area contributed by atoms with E-state index < -0.39 is 16.9 Å². The van der Waals surface area contributed by atoms with Gasteiger partial charge in [-0.2, -0.15) is 8.78 Å². The lowest BCUT2D eigenvalue weighted by atomic mass is 9.68. The number of halogens is 2. The predicted octanol–water partition coefficient (Wildman–Crippen LogP) is 7.76. The van der Waals surface area contributed by atoms with Gasteiger partial charge in [0, 0.05) is 12.1 Å². The van der Waals surface area contributed by atoms with Crippen molar-refractivity contribution in [1.82, 2.24) is 0 Å². The molecule has 0 saturated heterocycles. The van der Waals surface area contributed by atoms with Crippen molar-refractivity contribution >= 4 is 5.69 Å². The fraction of sp³-hybridized carbons (Fsp3) is 0.750. The second-order valence-electron chi connectivity index (χ2n) is 9.30. The number of hydrogen-bond donors (Lipinski definition) is 0. The zero-order valence-electron chi connectivity index (χ0n) is 18.0. The number of benzene rings is 1. The lowest BCUT2D eigenvalue weighted by Gasteiger charge is -2.39. The van der Waals surface area contributed by atoms with Gasteiger partial charge in [-0.05, 0) is 68.4 Å². The van der Waals surface area contributed by atoms with Crippen molar-refractivity contribution in [2.45, 2.75) is 90.1 Å². The van der Waals surface area contributed by atoms with Gasteiger partial charge < -0.3 is 4.74 Å². The molecule has 0 amide bonds. The molecule has 0 bridgehead atoms. The van der Waals surface area contributed by atoms with Crippen LogP contribution in [0.15, 0.2) is 24.3 Å². The summed E-state index contributed by atoms with van der Waals surface area (Å²) in [6, 6.07) is 4.88. The molecule has 2 saturated carbocycles. The minimum atomic E-state index is -3.24. The van der Waals surface area contributed by atoms with E-state index in [1.807, 2.05) is 0 Å². The summed E-state index contributed by atoms with van der Waals surface area (Å²) in [5, 5.41) is 10.7. The average Bonchev–Trinajstić information content (AvgIpc) is 2.75. The average molecular weight is 424 g/mol. The van der Waals surface area contributed by atoms with Crippen LogP contribution in [0.25, 0.3) is 0 Å². The van der Waals surface area contributed by atoms with E-state index in [1.165, 1.54) is 75.6 Å². The first-order valence-electron chi connectivity index (χ1n) is 11.7. The van der Waals surface area contributed by atoms with Crippen LogP contribution in [0.3, 0.4) is 0 Å². The molecule has 2 aliphatic rings. The van der Waals surface area contributed by atoms with Crippen LogP contribution < -0.4 is 4.74 Å². The van der Waals surface area contributed by atoms with E-state index in [9.17, 15) is 18.9 Å². The molecule has 0 spiro atoms. The summed E-state index contributed by atoms with van der Waals surface area (Å²) in [5.74, 6) is 1.36. The lowest BCUT2D eigenvalue weighted by Crippen LogP contribution is -2.38. The van der Waals surface area contributed by atoms with E-state index in [2.05, 4.69) is 6.92 Å². The summed E-state index contributed by atoms with van der Waals surface area (Å²) in [5.41, 5.74) is -0.133. The first kappa shape index (κ1) is 23.0. The second kappa shape index (κ2) is 10.5. The quantitative estimate of drug-likeness (QED) is 0.232. The molecule has 1 aromatic carbocycles. The number of rotatable bonds is 9. The van der Waals surface area contributed by atoms with Crippen molar-refractivity contribution in [3.63, 3.8) is 0 Å². The van der Waals surface area contributed by atoms with Gasteiger partial charge in [0.25, 0.3) is 5.69 Å². The van der Waals surface area contributed by atoms with Gasteiger partial charge in [0.05, 0.1) is 10.8 Å². The number of non-ortho nitro benzene ring substituents is 1. The molecule has 0 N–H and O–H groups in total. The molecule has 30 heavy (non-hydrogen) atoms. The molecule has 0 atom stereocenters. The minimum Gasteiger partial charge on any atom is -0.432 e. The molecular formula is C24H35F2NO3. The molecular weight excluding hydrogens is 388 g/mol. The van der Waals surface area contributed by atoms with Gasteiger partial charge in [-0.25, -0.2) is 0 Å². The Labute approximate surface area is 178 Å². The highest BCUT2D eigenvalue weighted by molar-refractivity contribution is 5.36. The number of alkyl halides is 2. The summed E-state index contributed by atoms with van der Waals surface area (Å²) in [6.45, 7) is 2.24. The Morgan fingerprint density at radius 2 is 1.53 bits per heavy atom. The van der Waals surface area contributed by atoms with Gasteiger partial charge in [-0.1, -0.05) is 45.4 Å². The molecule has 4 nitrogen and oxygen atoms in total. The second-order valence-corrected chi connectivity index (χ2v) is 9.30. The van der Waals surface area contributed by atoms with Crippen molar-refractivity contribution in [3.8, 4) is 5.75 Å². The van der Waals surface area contributed by atoms with Crippen molar-refractivity contribution in [1.29, 1.82) is 0 Å². The first-order chi connectivity index (χ1) is 14.4. The van der Waals surface area contributed by atoms with Crippen LogP contribution in [-0.2, 0) is 0 Å². The molecule has 2 fully saturated rings. The predicted molar refractivity (Wildman–Crippen MR) is 114 cm³/mol. The standard InChI is InChI=1S/C24H35F2NO3/c1-2-3-4-5-18-6-8-19(9-7-18)20-10-12-21(13-11-20)24(25,26)30-23-16-14-22(15-17-23)27(28)29/h14-21H,2-13H2,1H3. The maximum atomic E-state index is 14.7. The normalized spacial score (nSPS) is 27.6. The van der Waals surface area contributed by atoms with Crippen LogP contribution in [0.5, 0.6) is 5.75 Å². The van der Waals surface area contributed by atoms with E-state index in [0.717, 1.165) is 18.8 Å². The van der Waals surface area contributed by atoms with E-state index in [1.54, 1.807) is 0 Å². The molecule has 3 rings (SSSR count). The highest BCUT2D eigenvalue weighted by Crippen LogP contribution is 2.46. The van der Waals surface area contributed by atoms with Crippen LogP contribution >= 0.6 is 0 Å². The Hall–Kier alpha value is -1.72. The molecule has 0 radical (unpaired) electrons. The highest BCUT2D eigenvalue weighted by atomic mass is 19.3. The molecule has 2 aliphatic carbocycles. The number of unbranched alkanes of at least 4 members (excludes halogenated alkanes) is 2. The Balaban J connectivity index is 1.43. The third-order valence-electron chi connectivity index (χ3n) is 7.32. The molecule has 0 aliphatic heterocycles. The van der Waals surface area contributed by atoms with Crippen LogP contribution in [0, 0.1) is 33.8 Å². The molecule has 6 heteroatoms. The Morgan fingerprint density at radius 1 is 0.967 bits per heavy atom. The number of nitrogens with zero attached hydrogens (tertiary/aromatic N) is 1. The summed E-state index contributed by atoms with van der Waals surface area (Å²) in [4.78, 5) is 10.1. The van der Waals surface area contributed by atoms with Crippen LogP contribution in [-0.4, -0.2) is 11.0 Å². The number of ether oxygens (including phenoxy) is 1. The van der Waals surface area contributed by atoms with Crippen LogP contribution in [0.4, 0.5) is 14.5 Å². The fourth-order valence-electron chi connectivity index (χ4n) is 5.43. The van der Waals surface area contributed by atoms with Gasteiger partial charge in [0.2, 0.25) is 0 Å². The van der Waals surface area contributed by atoms with Gasteiger partial charge in [0.15, 0.2) is 0 Å². The molecule has 0 aromatic heterocycles. The molecule has 1 aromatic rings. The molecule has 0 heterocycles. The minimum absolute atomic E-state index is 0.0193. The fourth-order valence-corrected chi connectivity index (χ4v) is 5.43. The first-order valence-corrected chi connectivity index (χ1v) is 11.7. The van der Waals surface area contributed by atoms with Crippen molar-refractivity contribution in [3.05, 3.63) is 34.4 Å². The van der Waals surface area contributed by atoms with Crippen molar-refractivity contribution < 1.29 is 18.4 Å². The van der Waals surface area contributed by atoms with Gasteiger partial charge in [0.1, 0.15) is 5.75 Å². The van der Waals surface area contributed by atoms with Crippen LogP contribution in [0.1, 0.15) is 84.0 Å². The summed E-state index contributed by atoms with van der Waals surface area (Å²) >= 11 is 0. The maximum Gasteiger partial charge on any atom is 0.400 e. The Morgan fingerprint density at radius 3 is 2.07 bits per heavy atom. The van der Waals surface area contributed by atoms with E-state index in [4.69, 9.17) is 4.74 Å². The highest BCUT2D eigenvalue weighted by Gasteiger charge is 2.45. The number of nitro benzene ring substituents is 1. The Bertz CT molecular complexity index is 664. The van der Waals surface area contributed by atoms with Crippen LogP contribution in [0.2, 0.25) is 0 Å². The maximum absolute atomic E-state index is 14.7. The SMILES string of the molecule is CCCCCC1CCC(C2CCC(C(F)(F)Oc3ccc([N+](=O)[O-])cc3)CC2)CC1. The smallest absolute Gasteiger partial charge is 0.400 e. The molecule has 168 valence electrons. The zero-order chi connectivity index (χ0) is 21.6. The summed E-state index contributed by atoms with van der Waals surface area (Å²) in [6.07, 6.45) is 9.92. The summed E-state index contributed by atoms with van der Waals surface area (Å²) < 4.78 is 34.3. The van der Waals surface area contributed by atoms with Gasteiger partial charge >= 0.3 is 6.11 Å². The third kappa shape index (κ3) is 6.14. The van der Waals surface area contributed by atoms with Gasteiger partial charge in [-0.3, -0.25) is 10.1 Å². The lowest BCUT2D eigenvalue weighted by molar-refractivity contribution is -0.384. The summed E-state index contributed by atoms with van der Waals surface area (Å²) in [7, 11) is 0. The largest absolute Gasteiger partial charge is 0.432 e. The monoisotopic (exact) mass is 423 g/mol. The third-order valence-corrected chi connectivity index (χ3v) is 7.32.